The molecule has 1 aromatic heterocycles. The number of aryl methyl sites for hydroxylation is 3. The van der Waals surface area contributed by atoms with Crippen LogP contribution in [-0.4, -0.2) is 16.2 Å². The van der Waals surface area contributed by atoms with Gasteiger partial charge >= 0.3 is 0 Å². The molecule has 3 aromatic carbocycles. The molecule has 0 aliphatic carbocycles. The molecule has 0 aliphatic heterocycles. The SMILES string of the molecule is Cc1cc(OCCCCn2c(COc3ccc(Cl)cc3Cl)nc3ccccc32)cc(C)c1Cl. The van der Waals surface area contributed by atoms with Crippen LogP contribution >= 0.6 is 34.8 Å². The van der Waals surface area contributed by atoms with Crippen molar-refractivity contribution in [2.75, 3.05) is 6.61 Å². The zero-order valence-electron chi connectivity index (χ0n) is 18.6. The zero-order chi connectivity index (χ0) is 23.4. The molecule has 7 heteroatoms. The van der Waals surface area contributed by atoms with Gasteiger partial charge in [0.05, 0.1) is 22.7 Å². The second-order valence-electron chi connectivity index (χ2n) is 7.96. The van der Waals surface area contributed by atoms with E-state index in [1.54, 1.807) is 18.2 Å². The monoisotopic (exact) mass is 502 g/mol. The summed E-state index contributed by atoms with van der Waals surface area (Å²) in [7, 11) is 0. The topological polar surface area (TPSA) is 36.3 Å². The minimum atomic E-state index is 0.315. The maximum Gasteiger partial charge on any atom is 0.147 e. The molecule has 4 aromatic rings. The summed E-state index contributed by atoms with van der Waals surface area (Å²) >= 11 is 18.5. The highest BCUT2D eigenvalue weighted by Crippen LogP contribution is 2.29. The molecule has 1 heterocycles. The number of unbranched alkanes of at least 4 members (excludes halogenated alkanes) is 1. The van der Waals surface area contributed by atoms with Crippen molar-refractivity contribution in [3.8, 4) is 11.5 Å². The van der Waals surface area contributed by atoms with E-state index >= 15 is 0 Å². The number of aromatic nitrogens is 2. The maximum atomic E-state index is 6.25. The Morgan fingerprint density at radius 2 is 1.64 bits per heavy atom. The van der Waals surface area contributed by atoms with E-state index in [1.807, 2.05) is 44.2 Å². The summed E-state index contributed by atoms with van der Waals surface area (Å²) in [6, 6.07) is 17.3. The molecule has 0 radical (unpaired) electrons. The fraction of sp³-hybridized carbons (Fsp3) is 0.269. The van der Waals surface area contributed by atoms with Crippen LogP contribution in [0.1, 0.15) is 29.8 Å². The Morgan fingerprint density at radius 1 is 0.879 bits per heavy atom. The van der Waals surface area contributed by atoms with Crippen molar-refractivity contribution in [2.24, 2.45) is 0 Å². The molecule has 0 fully saturated rings. The van der Waals surface area contributed by atoms with Crippen LogP contribution < -0.4 is 9.47 Å². The first-order valence-electron chi connectivity index (χ1n) is 10.8. The van der Waals surface area contributed by atoms with E-state index in [0.717, 1.165) is 58.1 Å². The molecular weight excluding hydrogens is 479 g/mol. The predicted octanol–water partition coefficient (Wildman–Crippen LogP) is 8.05. The average Bonchev–Trinajstić information content (AvgIpc) is 3.14. The Morgan fingerprint density at radius 3 is 2.39 bits per heavy atom. The lowest BCUT2D eigenvalue weighted by Gasteiger charge is -2.12. The molecule has 0 atom stereocenters. The highest BCUT2D eigenvalue weighted by Gasteiger charge is 2.12. The lowest BCUT2D eigenvalue weighted by atomic mass is 10.1. The van der Waals surface area contributed by atoms with Crippen molar-refractivity contribution >= 4 is 45.8 Å². The van der Waals surface area contributed by atoms with E-state index in [0.29, 0.717) is 29.0 Å². The smallest absolute Gasteiger partial charge is 0.147 e. The van der Waals surface area contributed by atoms with E-state index in [4.69, 9.17) is 49.3 Å². The van der Waals surface area contributed by atoms with Crippen LogP contribution in [0.4, 0.5) is 0 Å². The van der Waals surface area contributed by atoms with Gasteiger partial charge in [0.25, 0.3) is 0 Å². The van der Waals surface area contributed by atoms with Gasteiger partial charge in [0.1, 0.15) is 23.9 Å². The number of hydrogen-bond donors (Lipinski definition) is 0. The number of nitrogens with zero attached hydrogens (tertiary/aromatic N) is 2. The third-order valence-electron chi connectivity index (χ3n) is 5.44. The lowest BCUT2D eigenvalue weighted by molar-refractivity contribution is 0.285. The van der Waals surface area contributed by atoms with Crippen LogP contribution in [0.2, 0.25) is 15.1 Å². The summed E-state index contributed by atoms with van der Waals surface area (Å²) in [6.45, 7) is 5.76. The van der Waals surface area contributed by atoms with Crippen LogP contribution in [-0.2, 0) is 13.2 Å². The Kier molecular flexibility index (Phi) is 7.69. The lowest BCUT2D eigenvalue weighted by Crippen LogP contribution is -2.09. The number of benzene rings is 3. The first-order chi connectivity index (χ1) is 15.9. The van der Waals surface area contributed by atoms with E-state index < -0.39 is 0 Å². The number of rotatable bonds is 9. The molecule has 0 unspecified atom stereocenters. The van der Waals surface area contributed by atoms with Crippen LogP contribution in [0.25, 0.3) is 11.0 Å². The number of halogens is 3. The molecule has 0 saturated carbocycles. The summed E-state index contributed by atoms with van der Waals surface area (Å²) in [6.07, 6.45) is 1.86. The summed E-state index contributed by atoms with van der Waals surface area (Å²) in [5.74, 6) is 2.30. The largest absolute Gasteiger partial charge is 0.494 e. The average molecular weight is 504 g/mol. The highest BCUT2D eigenvalue weighted by atomic mass is 35.5. The van der Waals surface area contributed by atoms with E-state index in [-0.39, 0.29) is 0 Å². The maximum absolute atomic E-state index is 6.25. The van der Waals surface area contributed by atoms with Gasteiger partial charge in [-0.3, -0.25) is 0 Å². The second kappa shape index (κ2) is 10.7. The quantitative estimate of drug-likeness (QED) is 0.217. The Hall–Kier alpha value is -2.40. The van der Waals surface area contributed by atoms with Gasteiger partial charge in [0.2, 0.25) is 0 Å². The van der Waals surface area contributed by atoms with Crippen LogP contribution in [0.15, 0.2) is 54.6 Å². The van der Waals surface area contributed by atoms with Gasteiger partial charge in [-0.15, -0.1) is 0 Å². The summed E-state index contributed by atoms with van der Waals surface area (Å²) < 4.78 is 14.1. The fourth-order valence-corrected chi connectivity index (χ4v) is 4.34. The standard InChI is InChI=1S/C26H25Cl3N2O2/c1-17-13-20(14-18(2)26(17)29)32-12-6-5-11-31-23-8-4-3-7-22(23)30-25(31)16-33-24-10-9-19(27)15-21(24)28/h3-4,7-10,13-15H,5-6,11-12,16H2,1-2H3. The highest BCUT2D eigenvalue weighted by molar-refractivity contribution is 6.35. The normalized spacial score (nSPS) is 11.2. The molecule has 0 amide bonds. The van der Waals surface area contributed by atoms with Crippen LogP contribution in [0.5, 0.6) is 11.5 Å². The molecular formula is C26H25Cl3N2O2. The van der Waals surface area contributed by atoms with E-state index in [1.165, 1.54) is 0 Å². The van der Waals surface area contributed by atoms with Crippen LogP contribution in [0, 0.1) is 13.8 Å². The van der Waals surface area contributed by atoms with Gasteiger partial charge < -0.3 is 14.0 Å². The molecule has 0 bridgehead atoms. The molecule has 0 saturated heterocycles. The summed E-state index contributed by atoms with van der Waals surface area (Å²) in [4.78, 5) is 4.77. The van der Waals surface area contributed by atoms with Gasteiger partial charge in [-0.2, -0.15) is 0 Å². The Bertz CT molecular complexity index is 1250. The van der Waals surface area contributed by atoms with Gasteiger partial charge in [-0.1, -0.05) is 46.9 Å². The minimum Gasteiger partial charge on any atom is -0.494 e. The predicted molar refractivity (Wildman–Crippen MR) is 136 cm³/mol. The molecule has 0 spiro atoms. The number of para-hydroxylation sites is 2. The third-order valence-corrected chi connectivity index (χ3v) is 6.57. The number of imidazole rings is 1. The summed E-state index contributed by atoms with van der Waals surface area (Å²) in [5.41, 5.74) is 4.09. The van der Waals surface area contributed by atoms with Gasteiger partial charge in [0.15, 0.2) is 0 Å². The minimum absolute atomic E-state index is 0.315. The Labute approximate surface area is 209 Å². The molecule has 4 nitrogen and oxygen atoms in total. The number of fused-ring (bicyclic) bond motifs is 1. The van der Waals surface area contributed by atoms with Crippen molar-refractivity contribution in [3.63, 3.8) is 0 Å². The number of hydrogen-bond acceptors (Lipinski definition) is 3. The molecule has 0 aliphatic rings. The molecule has 33 heavy (non-hydrogen) atoms. The van der Waals surface area contributed by atoms with Crippen molar-refractivity contribution in [1.29, 1.82) is 0 Å². The van der Waals surface area contributed by atoms with Gasteiger partial charge in [0, 0.05) is 16.6 Å². The molecule has 172 valence electrons. The second-order valence-corrected chi connectivity index (χ2v) is 9.18. The summed E-state index contributed by atoms with van der Waals surface area (Å²) in [5, 5.41) is 1.85. The van der Waals surface area contributed by atoms with Crippen molar-refractivity contribution in [3.05, 3.63) is 86.6 Å². The van der Waals surface area contributed by atoms with Gasteiger partial charge in [-0.25, -0.2) is 4.98 Å². The first kappa shape index (κ1) is 23.7. The number of ether oxygens (including phenoxy) is 2. The van der Waals surface area contributed by atoms with Crippen molar-refractivity contribution < 1.29 is 9.47 Å². The van der Waals surface area contributed by atoms with Gasteiger partial charge in [-0.05, 0) is 80.3 Å². The zero-order valence-corrected chi connectivity index (χ0v) is 20.8. The molecule has 4 rings (SSSR count). The fourth-order valence-electron chi connectivity index (χ4n) is 3.77. The van der Waals surface area contributed by atoms with Crippen molar-refractivity contribution in [2.45, 2.75) is 39.8 Å². The van der Waals surface area contributed by atoms with Crippen molar-refractivity contribution in [1.82, 2.24) is 9.55 Å². The first-order valence-corrected chi connectivity index (χ1v) is 12.0. The van der Waals surface area contributed by atoms with E-state index in [9.17, 15) is 0 Å². The third kappa shape index (κ3) is 5.75. The van der Waals surface area contributed by atoms with Crippen LogP contribution in [0.3, 0.4) is 0 Å². The van der Waals surface area contributed by atoms with E-state index in [2.05, 4.69) is 10.6 Å². The molecule has 0 N–H and O–H groups in total. The Balaban J connectivity index is 1.39.